The van der Waals surface area contributed by atoms with E-state index in [4.69, 9.17) is 18.5 Å². The number of carbonyl (C=O) groups is 1. The molecule has 2 aromatic carbocycles. The molecule has 0 aliphatic heterocycles. The molecule has 0 aliphatic rings. The van der Waals surface area contributed by atoms with Gasteiger partial charge in [-0.3, -0.25) is 0 Å². The zero-order chi connectivity index (χ0) is 24.4. The highest BCUT2D eigenvalue weighted by Gasteiger charge is 2.22. The lowest BCUT2D eigenvalue weighted by Crippen LogP contribution is -2.07. The molecule has 0 atom stereocenters. The summed E-state index contributed by atoms with van der Waals surface area (Å²) in [7, 11) is 0. The van der Waals surface area contributed by atoms with Gasteiger partial charge in [0.05, 0.1) is 34.5 Å². The van der Waals surface area contributed by atoms with E-state index in [1.807, 2.05) is 62.4 Å². The van der Waals surface area contributed by atoms with Gasteiger partial charge in [-0.15, -0.1) is 0 Å². The molecule has 0 amide bonds. The lowest BCUT2D eigenvalue weighted by molar-refractivity contribution is 0.0432. The summed E-state index contributed by atoms with van der Waals surface area (Å²) in [5.41, 5.74) is 4.33. The van der Waals surface area contributed by atoms with Crippen LogP contribution in [-0.2, 0) is 11.3 Å². The minimum absolute atomic E-state index is 0.158. The molecule has 176 valence electrons. The average molecular weight is 470 g/mol. The van der Waals surface area contributed by atoms with Crippen molar-refractivity contribution in [1.29, 1.82) is 0 Å². The van der Waals surface area contributed by atoms with E-state index in [1.165, 1.54) is 0 Å². The van der Waals surface area contributed by atoms with Crippen molar-refractivity contribution in [2.45, 2.75) is 27.4 Å². The zero-order valence-electron chi connectivity index (χ0n) is 19.4. The minimum Gasteiger partial charge on any atom is -0.493 e. The van der Waals surface area contributed by atoms with Crippen LogP contribution < -0.4 is 4.74 Å². The SMILES string of the molecule is CCOc1ccccc1-c1noc(COC(=O)c2cc(-c3ccc(C)cc3)nc3onc(C)c23)n1. The largest absolute Gasteiger partial charge is 0.493 e. The summed E-state index contributed by atoms with van der Waals surface area (Å²) in [4.78, 5) is 22.0. The highest BCUT2D eigenvalue weighted by Crippen LogP contribution is 2.29. The van der Waals surface area contributed by atoms with Crippen LogP contribution in [0, 0.1) is 13.8 Å². The standard InChI is InChI=1S/C26H22N4O5/c1-4-32-21-8-6-5-7-18(21)24-28-22(34-30-24)14-33-26(31)19-13-20(17-11-9-15(2)10-12-17)27-25-23(19)16(3)29-35-25/h5-13H,4,14H2,1-3H3. The van der Waals surface area contributed by atoms with Crippen molar-refractivity contribution < 1.29 is 23.3 Å². The number of nitrogens with zero attached hydrogens (tertiary/aromatic N) is 4. The molecule has 0 bridgehead atoms. The second-order valence-electron chi connectivity index (χ2n) is 7.89. The summed E-state index contributed by atoms with van der Waals surface area (Å²) in [6.07, 6.45) is 0. The van der Waals surface area contributed by atoms with Gasteiger partial charge in [-0.05, 0) is 39.0 Å². The first-order valence-corrected chi connectivity index (χ1v) is 11.1. The summed E-state index contributed by atoms with van der Waals surface area (Å²) in [6, 6.07) is 16.9. The van der Waals surface area contributed by atoms with Crippen LogP contribution in [0.3, 0.4) is 0 Å². The first-order valence-electron chi connectivity index (χ1n) is 11.1. The number of benzene rings is 2. The van der Waals surface area contributed by atoms with Gasteiger partial charge in [0, 0.05) is 5.56 Å². The number of aryl methyl sites for hydroxylation is 2. The van der Waals surface area contributed by atoms with Gasteiger partial charge >= 0.3 is 5.97 Å². The lowest BCUT2D eigenvalue weighted by Gasteiger charge is -2.07. The molecule has 0 radical (unpaired) electrons. The molecule has 0 unspecified atom stereocenters. The number of carbonyl (C=O) groups excluding carboxylic acids is 1. The normalized spacial score (nSPS) is 11.1. The number of hydrogen-bond donors (Lipinski definition) is 0. The van der Waals surface area contributed by atoms with Gasteiger partial charge in [-0.1, -0.05) is 52.3 Å². The van der Waals surface area contributed by atoms with Crippen molar-refractivity contribution >= 4 is 17.1 Å². The van der Waals surface area contributed by atoms with E-state index in [9.17, 15) is 4.79 Å². The third kappa shape index (κ3) is 4.48. The Balaban J connectivity index is 1.40. The number of pyridine rings is 1. The molecular weight excluding hydrogens is 448 g/mol. The number of para-hydroxylation sites is 1. The van der Waals surface area contributed by atoms with E-state index in [1.54, 1.807) is 13.0 Å². The quantitative estimate of drug-likeness (QED) is 0.292. The maximum atomic E-state index is 13.1. The van der Waals surface area contributed by atoms with Crippen LogP contribution in [0.25, 0.3) is 33.7 Å². The van der Waals surface area contributed by atoms with Gasteiger partial charge in [-0.25, -0.2) is 9.78 Å². The zero-order valence-corrected chi connectivity index (χ0v) is 19.4. The molecule has 9 nitrogen and oxygen atoms in total. The molecule has 0 N–H and O–H groups in total. The van der Waals surface area contributed by atoms with Gasteiger partial charge in [0.2, 0.25) is 5.82 Å². The smallest absolute Gasteiger partial charge is 0.339 e. The van der Waals surface area contributed by atoms with Crippen molar-refractivity contribution in [1.82, 2.24) is 20.3 Å². The second-order valence-corrected chi connectivity index (χ2v) is 7.89. The minimum atomic E-state index is -0.577. The Kier molecular flexibility index (Phi) is 5.97. The van der Waals surface area contributed by atoms with Crippen LogP contribution in [-0.4, -0.2) is 32.9 Å². The van der Waals surface area contributed by atoms with Crippen LogP contribution in [0.2, 0.25) is 0 Å². The first kappa shape index (κ1) is 22.3. The van der Waals surface area contributed by atoms with Crippen LogP contribution in [0.4, 0.5) is 0 Å². The second kappa shape index (κ2) is 9.38. The summed E-state index contributed by atoms with van der Waals surface area (Å²) < 4.78 is 21.8. The molecule has 3 aromatic heterocycles. The molecule has 0 saturated carbocycles. The number of esters is 1. The van der Waals surface area contributed by atoms with E-state index < -0.39 is 5.97 Å². The lowest BCUT2D eigenvalue weighted by atomic mass is 10.0. The molecule has 0 saturated heterocycles. The van der Waals surface area contributed by atoms with Gasteiger partial charge in [-0.2, -0.15) is 4.98 Å². The summed E-state index contributed by atoms with van der Waals surface area (Å²) >= 11 is 0. The van der Waals surface area contributed by atoms with Crippen LogP contribution in [0.5, 0.6) is 5.75 Å². The Hall–Kier alpha value is -4.53. The molecule has 9 heteroatoms. The fourth-order valence-electron chi connectivity index (χ4n) is 3.69. The topological polar surface area (TPSA) is 113 Å². The van der Waals surface area contributed by atoms with Crippen LogP contribution in [0.15, 0.2) is 63.6 Å². The third-order valence-electron chi connectivity index (χ3n) is 5.41. The predicted octanol–water partition coefficient (Wildman–Crippen LogP) is 5.31. The van der Waals surface area contributed by atoms with Crippen molar-refractivity contribution in [2.75, 3.05) is 6.61 Å². The molecule has 35 heavy (non-hydrogen) atoms. The molecule has 3 heterocycles. The van der Waals surface area contributed by atoms with E-state index in [0.717, 1.165) is 11.1 Å². The number of rotatable bonds is 7. The van der Waals surface area contributed by atoms with E-state index in [-0.39, 0.29) is 18.2 Å². The predicted molar refractivity (Wildman–Crippen MR) is 127 cm³/mol. The monoisotopic (exact) mass is 470 g/mol. The van der Waals surface area contributed by atoms with Crippen molar-refractivity contribution in [3.05, 3.63) is 77.3 Å². The number of fused-ring (bicyclic) bond motifs is 1. The van der Waals surface area contributed by atoms with Gasteiger partial charge in [0.1, 0.15) is 5.75 Å². The molecule has 0 spiro atoms. The van der Waals surface area contributed by atoms with E-state index in [2.05, 4.69) is 20.3 Å². The fourth-order valence-corrected chi connectivity index (χ4v) is 3.69. The molecular formula is C26H22N4O5. The van der Waals surface area contributed by atoms with E-state index >= 15 is 0 Å². The number of aromatic nitrogens is 4. The van der Waals surface area contributed by atoms with E-state index in [0.29, 0.717) is 46.1 Å². The Morgan fingerprint density at radius 2 is 1.77 bits per heavy atom. The Bertz CT molecular complexity index is 1500. The van der Waals surface area contributed by atoms with Gasteiger partial charge in [0.15, 0.2) is 6.61 Å². The summed E-state index contributed by atoms with van der Waals surface area (Å²) in [5, 5.41) is 8.47. The Labute approximate surface area is 200 Å². The average Bonchev–Trinajstić information content (AvgIpc) is 3.50. The number of ether oxygens (including phenoxy) is 2. The fraction of sp³-hybridized carbons (Fsp3) is 0.192. The molecule has 5 aromatic rings. The third-order valence-corrected chi connectivity index (χ3v) is 5.41. The van der Waals surface area contributed by atoms with Crippen LogP contribution in [0.1, 0.15) is 34.4 Å². The van der Waals surface area contributed by atoms with Crippen LogP contribution >= 0.6 is 0 Å². The number of hydrogen-bond acceptors (Lipinski definition) is 9. The summed E-state index contributed by atoms with van der Waals surface area (Å²) in [6.45, 7) is 5.95. The highest BCUT2D eigenvalue weighted by molar-refractivity contribution is 6.04. The first-order chi connectivity index (χ1) is 17.0. The molecule has 0 fully saturated rings. The van der Waals surface area contributed by atoms with Crippen molar-refractivity contribution in [3.8, 4) is 28.4 Å². The maximum Gasteiger partial charge on any atom is 0.339 e. The Morgan fingerprint density at radius 3 is 2.57 bits per heavy atom. The molecule has 0 aliphatic carbocycles. The van der Waals surface area contributed by atoms with Gasteiger partial charge < -0.3 is 18.5 Å². The maximum absolute atomic E-state index is 13.1. The van der Waals surface area contributed by atoms with Gasteiger partial charge in [0.25, 0.3) is 11.6 Å². The Morgan fingerprint density at radius 1 is 0.971 bits per heavy atom. The molecule has 5 rings (SSSR count). The van der Waals surface area contributed by atoms with Crippen molar-refractivity contribution in [2.24, 2.45) is 0 Å². The highest BCUT2D eigenvalue weighted by atomic mass is 16.6. The van der Waals surface area contributed by atoms with Crippen molar-refractivity contribution in [3.63, 3.8) is 0 Å². The summed E-state index contributed by atoms with van der Waals surface area (Å²) in [5.74, 6) is 0.574.